The van der Waals surface area contributed by atoms with E-state index in [2.05, 4.69) is 21.2 Å². The Morgan fingerprint density at radius 3 is 2.72 bits per heavy atom. The first-order valence-corrected chi connectivity index (χ1v) is 8.59. The Bertz CT molecular complexity index is 708. The number of hydrogen-bond donors (Lipinski definition) is 1. The molecule has 0 radical (unpaired) electrons. The molecule has 0 spiro atoms. The molecule has 0 saturated heterocycles. The van der Waals surface area contributed by atoms with Crippen molar-refractivity contribution in [2.24, 2.45) is 0 Å². The Kier molecular flexibility index (Phi) is 6.55. The summed E-state index contributed by atoms with van der Waals surface area (Å²) in [4.78, 5) is 26.4. The normalized spacial score (nSPS) is 17.6. The fourth-order valence-corrected chi connectivity index (χ4v) is 3.06. The van der Waals surface area contributed by atoms with Gasteiger partial charge in [-0.1, -0.05) is 6.07 Å². The van der Waals surface area contributed by atoms with Gasteiger partial charge in [-0.15, -0.1) is 0 Å². The third kappa shape index (κ3) is 4.19. The predicted octanol–water partition coefficient (Wildman–Crippen LogP) is 3.14. The highest BCUT2D eigenvalue weighted by atomic mass is 79.9. The molecule has 0 fully saturated rings. The van der Waals surface area contributed by atoms with Gasteiger partial charge in [0.2, 0.25) is 0 Å². The van der Waals surface area contributed by atoms with Crippen molar-refractivity contribution in [2.45, 2.75) is 19.9 Å². The van der Waals surface area contributed by atoms with Crippen molar-refractivity contribution >= 4 is 27.9 Å². The van der Waals surface area contributed by atoms with Gasteiger partial charge in [-0.05, 0) is 47.5 Å². The summed E-state index contributed by atoms with van der Waals surface area (Å²) in [5, 5.41) is 2.79. The molecule has 25 heavy (non-hydrogen) atoms. The van der Waals surface area contributed by atoms with Crippen LogP contribution in [0.5, 0.6) is 0 Å². The molecule has 2 rings (SSSR count). The largest absolute Gasteiger partial charge is 0.460 e. The van der Waals surface area contributed by atoms with Gasteiger partial charge < -0.3 is 14.8 Å². The van der Waals surface area contributed by atoms with E-state index >= 15 is 0 Å². The summed E-state index contributed by atoms with van der Waals surface area (Å²) < 4.78 is 23.9. The molecule has 1 aromatic carbocycles. The molecule has 1 aliphatic heterocycles. The minimum atomic E-state index is -0.720. The van der Waals surface area contributed by atoms with E-state index in [1.54, 1.807) is 6.92 Å². The molecule has 0 saturated carbocycles. The second-order valence-electron chi connectivity index (χ2n) is 5.43. The third-order valence-electron chi connectivity index (χ3n) is 3.93. The first kappa shape index (κ1) is 19.4. The molecule has 1 heterocycles. The van der Waals surface area contributed by atoms with Gasteiger partial charge >= 0.3 is 12.0 Å². The lowest BCUT2D eigenvalue weighted by molar-refractivity contribution is -0.140. The number of methoxy groups -OCH3 is 1. The SMILES string of the molecule is CCN1C(=O)N[C@H](c2ccc(F)c(Br)c2)C(C(=O)OCCOC)=C1C. The van der Waals surface area contributed by atoms with Crippen LogP contribution >= 0.6 is 15.9 Å². The highest BCUT2D eigenvalue weighted by molar-refractivity contribution is 9.10. The van der Waals surface area contributed by atoms with Gasteiger partial charge in [0.15, 0.2) is 0 Å². The second-order valence-corrected chi connectivity index (χ2v) is 6.28. The Labute approximate surface area is 154 Å². The number of amides is 2. The first-order chi connectivity index (χ1) is 11.9. The van der Waals surface area contributed by atoms with E-state index in [-0.39, 0.29) is 23.7 Å². The summed E-state index contributed by atoms with van der Waals surface area (Å²) in [6, 6.07) is 3.31. The van der Waals surface area contributed by atoms with Gasteiger partial charge in [-0.3, -0.25) is 4.90 Å². The molecule has 1 N–H and O–H groups in total. The highest BCUT2D eigenvalue weighted by Crippen LogP contribution is 2.32. The maximum Gasteiger partial charge on any atom is 0.338 e. The summed E-state index contributed by atoms with van der Waals surface area (Å²) >= 11 is 3.13. The van der Waals surface area contributed by atoms with E-state index in [0.29, 0.717) is 23.4 Å². The monoisotopic (exact) mass is 414 g/mol. The van der Waals surface area contributed by atoms with Crippen LogP contribution in [0.4, 0.5) is 9.18 Å². The number of carbonyl (C=O) groups excluding carboxylic acids is 2. The first-order valence-electron chi connectivity index (χ1n) is 7.80. The number of esters is 1. The summed E-state index contributed by atoms with van der Waals surface area (Å²) in [6.45, 7) is 4.29. The van der Waals surface area contributed by atoms with Crippen LogP contribution in [-0.4, -0.2) is 43.8 Å². The molecule has 2 amide bonds. The number of rotatable bonds is 6. The van der Waals surface area contributed by atoms with Crippen LogP contribution in [-0.2, 0) is 14.3 Å². The molecule has 136 valence electrons. The lowest BCUT2D eigenvalue weighted by atomic mass is 9.95. The van der Waals surface area contributed by atoms with E-state index in [4.69, 9.17) is 9.47 Å². The smallest absolute Gasteiger partial charge is 0.338 e. The molecule has 0 unspecified atom stereocenters. The van der Waals surface area contributed by atoms with Crippen LogP contribution in [0.25, 0.3) is 0 Å². The topological polar surface area (TPSA) is 67.9 Å². The summed E-state index contributed by atoms with van der Waals surface area (Å²) in [7, 11) is 1.51. The molecule has 1 aromatic rings. The average Bonchev–Trinajstić information content (AvgIpc) is 2.57. The van der Waals surface area contributed by atoms with Crippen LogP contribution in [0, 0.1) is 5.82 Å². The van der Waals surface area contributed by atoms with Crippen molar-refractivity contribution in [3.8, 4) is 0 Å². The number of allylic oxidation sites excluding steroid dienone is 1. The number of urea groups is 1. The van der Waals surface area contributed by atoms with Crippen LogP contribution < -0.4 is 5.32 Å². The molecule has 1 atom stereocenters. The maximum absolute atomic E-state index is 13.5. The summed E-state index contributed by atoms with van der Waals surface area (Å²) in [5.41, 5.74) is 1.41. The van der Waals surface area contributed by atoms with Crippen molar-refractivity contribution < 1.29 is 23.5 Å². The minimum absolute atomic E-state index is 0.103. The number of nitrogens with zero attached hydrogens (tertiary/aromatic N) is 1. The standard InChI is InChI=1S/C17H20BrFN2O4/c1-4-21-10(2)14(16(22)25-8-7-24-3)15(20-17(21)23)11-5-6-13(19)12(18)9-11/h5-6,9,15H,4,7-8H2,1-3H3,(H,20,23)/t15-/m1/s1. The van der Waals surface area contributed by atoms with E-state index in [0.717, 1.165) is 0 Å². The fraction of sp³-hybridized carbons (Fsp3) is 0.412. The van der Waals surface area contributed by atoms with Crippen LogP contribution in [0.1, 0.15) is 25.5 Å². The second kappa shape index (κ2) is 8.44. The average molecular weight is 415 g/mol. The highest BCUT2D eigenvalue weighted by Gasteiger charge is 2.36. The van der Waals surface area contributed by atoms with Gasteiger partial charge in [-0.25, -0.2) is 14.0 Å². The maximum atomic E-state index is 13.5. The van der Waals surface area contributed by atoms with Gasteiger partial charge in [0.1, 0.15) is 12.4 Å². The minimum Gasteiger partial charge on any atom is -0.460 e. The van der Waals surface area contributed by atoms with E-state index in [1.807, 2.05) is 6.92 Å². The van der Waals surface area contributed by atoms with E-state index in [9.17, 15) is 14.0 Å². The van der Waals surface area contributed by atoms with Crippen molar-refractivity contribution in [3.63, 3.8) is 0 Å². The van der Waals surface area contributed by atoms with Gasteiger partial charge in [0.25, 0.3) is 0 Å². The third-order valence-corrected chi connectivity index (χ3v) is 4.54. The molecule has 8 heteroatoms. The number of carbonyl (C=O) groups is 2. The van der Waals surface area contributed by atoms with Gasteiger partial charge in [0.05, 0.1) is 22.7 Å². The fourth-order valence-electron chi connectivity index (χ4n) is 2.66. The van der Waals surface area contributed by atoms with Gasteiger partial charge in [0, 0.05) is 19.4 Å². The Morgan fingerprint density at radius 1 is 1.40 bits per heavy atom. The quantitative estimate of drug-likeness (QED) is 0.573. The molecular formula is C17H20BrFN2O4. The summed E-state index contributed by atoms with van der Waals surface area (Å²) in [5.74, 6) is -0.968. The number of hydrogen-bond acceptors (Lipinski definition) is 4. The molecule has 1 aliphatic rings. The van der Waals surface area contributed by atoms with Crippen molar-refractivity contribution in [2.75, 3.05) is 26.9 Å². The zero-order valence-electron chi connectivity index (χ0n) is 14.3. The van der Waals surface area contributed by atoms with E-state index < -0.39 is 17.8 Å². The molecule has 0 bridgehead atoms. The Morgan fingerprint density at radius 2 is 2.12 bits per heavy atom. The van der Waals surface area contributed by atoms with Crippen LogP contribution in [0.3, 0.4) is 0 Å². The Balaban J connectivity index is 2.44. The zero-order valence-corrected chi connectivity index (χ0v) is 15.9. The number of halogens is 2. The van der Waals surface area contributed by atoms with E-state index in [1.165, 1.54) is 30.2 Å². The predicted molar refractivity (Wildman–Crippen MR) is 93.3 cm³/mol. The van der Waals surface area contributed by atoms with Gasteiger partial charge in [-0.2, -0.15) is 0 Å². The Hall–Kier alpha value is -1.93. The van der Waals surface area contributed by atoms with Crippen LogP contribution in [0.15, 0.2) is 33.9 Å². The number of benzene rings is 1. The lowest BCUT2D eigenvalue weighted by Crippen LogP contribution is -2.48. The molecule has 0 aliphatic carbocycles. The summed E-state index contributed by atoms with van der Waals surface area (Å²) in [6.07, 6.45) is 0. The van der Waals surface area contributed by atoms with Crippen molar-refractivity contribution in [3.05, 3.63) is 45.3 Å². The molecular weight excluding hydrogens is 395 g/mol. The lowest BCUT2D eigenvalue weighted by Gasteiger charge is -2.34. The molecule has 6 nitrogen and oxygen atoms in total. The molecule has 0 aromatic heterocycles. The number of ether oxygens (including phenoxy) is 2. The van der Waals surface area contributed by atoms with Crippen molar-refractivity contribution in [1.29, 1.82) is 0 Å². The zero-order chi connectivity index (χ0) is 18.6. The van der Waals surface area contributed by atoms with Crippen LogP contribution in [0.2, 0.25) is 0 Å². The number of nitrogens with one attached hydrogen (secondary N) is 1. The van der Waals surface area contributed by atoms with Crippen molar-refractivity contribution in [1.82, 2.24) is 10.2 Å².